The van der Waals surface area contributed by atoms with E-state index < -0.39 is 0 Å². The molecule has 0 aromatic heterocycles. The molecule has 1 atom stereocenters. The van der Waals surface area contributed by atoms with Gasteiger partial charge in [-0.05, 0) is 44.7 Å². The summed E-state index contributed by atoms with van der Waals surface area (Å²) < 4.78 is 5.35. The lowest BCUT2D eigenvalue weighted by Gasteiger charge is -2.22. The van der Waals surface area contributed by atoms with Crippen molar-refractivity contribution >= 4 is 5.91 Å². The quantitative estimate of drug-likeness (QED) is 0.631. The van der Waals surface area contributed by atoms with Gasteiger partial charge in [0.15, 0.2) is 0 Å². The van der Waals surface area contributed by atoms with Gasteiger partial charge in [-0.3, -0.25) is 4.79 Å². The Balaban J connectivity index is 1.93. The van der Waals surface area contributed by atoms with E-state index in [2.05, 4.69) is 17.6 Å². The molecule has 2 N–H and O–H groups in total. The molecule has 17 heavy (non-hydrogen) atoms. The van der Waals surface area contributed by atoms with Crippen molar-refractivity contribution in [2.45, 2.75) is 39.0 Å². The molecule has 1 fully saturated rings. The van der Waals surface area contributed by atoms with Crippen LogP contribution in [0.5, 0.6) is 0 Å². The second kappa shape index (κ2) is 9.42. The standard InChI is InChI=1S/C13H26N2O2/c1-2-8-17-9-4-7-15-13(16)10-12-5-3-6-14-11-12/h12,14H,2-11H2,1H3,(H,15,16). The zero-order chi connectivity index (χ0) is 12.3. The molecule has 1 rings (SSSR count). The first-order valence-corrected chi connectivity index (χ1v) is 6.88. The number of rotatable bonds is 8. The second-order valence-electron chi connectivity index (χ2n) is 4.73. The molecule has 4 nitrogen and oxygen atoms in total. The van der Waals surface area contributed by atoms with Gasteiger partial charge >= 0.3 is 0 Å². The summed E-state index contributed by atoms with van der Waals surface area (Å²) in [6.07, 6.45) is 5.02. The zero-order valence-corrected chi connectivity index (χ0v) is 11.0. The average molecular weight is 242 g/mol. The van der Waals surface area contributed by atoms with Gasteiger partial charge in [0.05, 0.1) is 0 Å². The van der Waals surface area contributed by atoms with Crippen LogP contribution >= 0.6 is 0 Å². The topological polar surface area (TPSA) is 50.4 Å². The molecule has 0 radical (unpaired) electrons. The maximum atomic E-state index is 11.6. The molecular weight excluding hydrogens is 216 g/mol. The molecule has 1 saturated heterocycles. The third kappa shape index (κ3) is 7.34. The summed E-state index contributed by atoms with van der Waals surface area (Å²) in [5, 5.41) is 6.29. The van der Waals surface area contributed by atoms with Crippen LogP contribution in [-0.4, -0.2) is 38.8 Å². The number of piperidine rings is 1. The first kappa shape index (κ1) is 14.5. The highest BCUT2D eigenvalue weighted by Gasteiger charge is 2.16. The van der Waals surface area contributed by atoms with Gasteiger partial charge in [-0.1, -0.05) is 6.92 Å². The molecule has 1 aliphatic rings. The molecule has 1 aliphatic heterocycles. The van der Waals surface area contributed by atoms with E-state index in [1.54, 1.807) is 0 Å². The molecule has 0 saturated carbocycles. The van der Waals surface area contributed by atoms with Gasteiger partial charge in [0, 0.05) is 26.2 Å². The summed E-state index contributed by atoms with van der Waals surface area (Å²) in [6, 6.07) is 0. The first-order valence-electron chi connectivity index (χ1n) is 6.88. The van der Waals surface area contributed by atoms with E-state index >= 15 is 0 Å². The molecule has 0 aliphatic carbocycles. The van der Waals surface area contributed by atoms with E-state index in [-0.39, 0.29) is 5.91 Å². The van der Waals surface area contributed by atoms with Gasteiger partial charge in [0.1, 0.15) is 0 Å². The van der Waals surface area contributed by atoms with E-state index in [4.69, 9.17) is 4.74 Å². The number of amides is 1. The van der Waals surface area contributed by atoms with Gasteiger partial charge in [-0.2, -0.15) is 0 Å². The van der Waals surface area contributed by atoms with Crippen LogP contribution in [-0.2, 0) is 9.53 Å². The third-order valence-corrected chi connectivity index (χ3v) is 3.01. The summed E-state index contributed by atoms with van der Waals surface area (Å²) in [5.74, 6) is 0.717. The predicted molar refractivity (Wildman–Crippen MR) is 68.9 cm³/mol. The van der Waals surface area contributed by atoms with E-state index in [0.29, 0.717) is 12.3 Å². The van der Waals surface area contributed by atoms with Crippen molar-refractivity contribution in [3.05, 3.63) is 0 Å². The number of hydrogen-bond donors (Lipinski definition) is 2. The molecule has 0 aromatic rings. The lowest BCUT2D eigenvalue weighted by molar-refractivity contribution is -0.122. The zero-order valence-electron chi connectivity index (χ0n) is 11.0. The van der Waals surface area contributed by atoms with Gasteiger partial charge < -0.3 is 15.4 Å². The highest BCUT2D eigenvalue weighted by Crippen LogP contribution is 2.13. The molecule has 1 heterocycles. The number of nitrogens with one attached hydrogen (secondary N) is 2. The Morgan fingerprint density at radius 2 is 2.35 bits per heavy atom. The summed E-state index contributed by atoms with van der Waals surface area (Å²) >= 11 is 0. The van der Waals surface area contributed by atoms with Crippen molar-refractivity contribution in [2.24, 2.45) is 5.92 Å². The molecule has 0 spiro atoms. The molecular formula is C13H26N2O2. The van der Waals surface area contributed by atoms with E-state index in [1.165, 1.54) is 12.8 Å². The highest BCUT2D eigenvalue weighted by molar-refractivity contribution is 5.76. The first-order chi connectivity index (χ1) is 8.33. The van der Waals surface area contributed by atoms with Crippen molar-refractivity contribution in [1.82, 2.24) is 10.6 Å². The maximum absolute atomic E-state index is 11.6. The summed E-state index contributed by atoms with van der Waals surface area (Å²) in [4.78, 5) is 11.6. The summed E-state index contributed by atoms with van der Waals surface area (Å²) in [5.41, 5.74) is 0. The predicted octanol–water partition coefficient (Wildman–Crippen LogP) is 1.31. The van der Waals surface area contributed by atoms with Crippen molar-refractivity contribution in [3.63, 3.8) is 0 Å². The van der Waals surface area contributed by atoms with E-state index in [1.807, 2.05) is 0 Å². The van der Waals surface area contributed by atoms with Crippen molar-refractivity contribution in [2.75, 3.05) is 32.8 Å². The Bertz CT molecular complexity index is 204. The van der Waals surface area contributed by atoms with Crippen LogP contribution in [0, 0.1) is 5.92 Å². The fourth-order valence-electron chi connectivity index (χ4n) is 2.08. The normalized spacial score (nSPS) is 20.2. The molecule has 1 unspecified atom stereocenters. The van der Waals surface area contributed by atoms with Crippen LogP contribution < -0.4 is 10.6 Å². The monoisotopic (exact) mass is 242 g/mol. The number of ether oxygens (including phenoxy) is 1. The van der Waals surface area contributed by atoms with Crippen LogP contribution in [0.25, 0.3) is 0 Å². The van der Waals surface area contributed by atoms with Crippen LogP contribution in [0.3, 0.4) is 0 Å². The lowest BCUT2D eigenvalue weighted by atomic mass is 9.96. The third-order valence-electron chi connectivity index (χ3n) is 3.01. The second-order valence-corrected chi connectivity index (χ2v) is 4.73. The van der Waals surface area contributed by atoms with Crippen LogP contribution in [0.15, 0.2) is 0 Å². The fourth-order valence-corrected chi connectivity index (χ4v) is 2.08. The molecule has 1 amide bonds. The molecule has 0 bridgehead atoms. The van der Waals surface area contributed by atoms with Crippen LogP contribution in [0.1, 0.15) is 39.0 Å². The van der Waals surface area contributed by atoms with Gasteiger partial charge in [0.2, 0.25) is 5.91 Å². The molecule has 4 heteroatoms. The summed E-state index contributed by atoms with van der Waals surface area (Å²) in [6.45, 7) is 6.50. The Labute approximate surface area is 104 Å². The Kier molecular flexibility index (Phi) is 8.01. The van der Waals surface area contributed by atoms with Crippen molar-refractivity contribution in [3.8, 4) is 0 Å². The van der Waals surface area contributed by atoms with E-state index in [0.717, 1.165) is 45.7 Å². The fraction of sp³-hybridized carbons (Fsp3) is 0.923. The van der Waals surface area contributed by atoms with E-state index in [9.17, 15) is 4.79 Å². The van der Waals surface area contributed by atoms with Crippen LogP contribution in [0.4, 0.5) is 0 Å². The Hall–Kier alpha value is -0.610. The van der Waals surface area contributed by atoms with Gasteiger partial charge in [-0.25, -0.2) is 0 Å². The minimum absolute atomic E-state index is 0.189. The SMILES string of the molecule is CCCOCCCNC(=O)CC1CCCNC1. The molecule has 100 valence electrons. The average Bonchev–Trinajstić information content (AvgIpc) is 2.35. The van der Waals surface area contributed by atoms with Crippen LogP contribution in [0.2, 0.25) is 0 Å². The van der Waals surface area contributed by atoms with Gasteiger partial charge in [-0.15, -0.1) is 0 Å². The lowest BCUT2D eigenvalue weighted by Crippen LogP contribution is -2.34. The maximum Gasteiger partial charge on any atom is 0.220 e. The van der Waals surface area contributed by atoms with Crippen molar-refractivity contribution < 1.29 is 9.53 Å². The minimum atomic E-state index is 0.189. The number of hydrogen-bond acceptors (Lipinski definition) is 3. The Morgan fingerprint density at radius 1 is 1.47 bits per heavy atom. The highest BCUT2D eigenvalue weighted by atomic mass is 16.5. The minimum Gasteiger partial charge on any atom is -0.381 e. The Morgan fingerprint density at radius 3 is 3.06 bits per heavy atom. The number of carbonyl (C=O) groups excluding carboxylic acids is 1. The van der Waals surface area contributed by atoms with Crippen molar-refractivity contribution in [1.29, 1.82) is 0 Å². The number of carbonyl (C=O) groups is 1. The largest absolute Gasteiger partial charge is 0.381 e. The summed E-state index contributed by atoms with van der Waals surface area (Å²) in [7, 11) is 0. The smallest absolute Gasteiger partial charge is 0.220 e. The molecule has 0 aromatic carbocycles. The van der Waals surface area contributed by atoms with Gasteiger partial charge in [0.25, 0.3) is 0 Å².